The molecule has 2 aromatic carbocycles. The number of para-hydroxylation sites is 2. The molecule has 1 atom stereocenters. The molecule has 0 spiro atoms. The van der Waals surface area contributed by atoms with Gasteiger partial charge in [0.25, 0.3) is 5.91 Å². The van der Waals surface area contributed by atoms with Gasteiger partial charge in [-0.2, -0.15) is 10.1 Å². The zero-order valence-electron chi connectivity index (χ0n) is 15.3. The summed E-state index contributed by atoms with van der Waals surface area (Å²) in [5.74, 6) is 0.163. The summed E-state index contributed by atoms with van der Waals surface area (Å²) >= 11 is 0. The Labute approximate surface area is 160 Å². The molecule has 1 aliphatic heterocycles. The van der Waals surface area contributed by atoms with Crippen molar-refractivity contribution in [2.24, 2.45) is 0 Å². The summed E-state index contributed by atoms with van der Waals surface area (Å²) in [6.45, 7) is 1.75. The van der Waals surface area contributed by atoms with Crippen molar-refractivity contribution >= 4 is 17.5 Å². The molecule has 1 aromatic heterocycles. The number of anilines is 2. The van der Waals surface area contributed by atoms with E-state index in [-0.39, 0.29) is 5.91 Å². The first kappa shape index (κ1) is 17.7. The van der Waals surface area contributed by atoms with Gasteiger partial charge in [-0.1, -0.05) is 30.3 Å². The van der Waals surface area contributed by atoms with Gasteiger partial charge < -0.3 is 15.4 Å². The second-order valence-corrected chi connectivity index (χ2v) is 6.27. The summed E-state index contributed by atoms with van der Waals surface area (Å²) in [4.78, 5) is 17.4. The largest absolute Gasteiger partial charge is 0.495 e. The van der Waals surface area contributed by atoms with Crippen molar-refractivity contribution in [3.8, 4) is 5.75 Å². The number of halogens is 1. The van der Waals surface area contributed by atoms with Crippen LogP contribution in [0, 0.1) is 5.82 Å². The van der Waals surface area contributed by atoms with Crippen LogP contribution in [-0.4, -0.2) is 27.8 Å². The lowest BCUT2D eigenvalue weighted by atomic mass is 9.94. The number of rotatable bonds is 4. The number of allylic oxidation sites excluding steroid dienone is 1. The van der Waals surface area contributed by atoms with Crippen molar-refractivity contribution in [2.75, 3.05) is 17.7 Å². The normalized spacial score (nSPS) is 15.6. The highest BCUT2D eigenvalue weighted by Gasteiger charge is 2.35. The van der Waals surface area contributed by atoms with E-state index in [1.807, 2.05) is 6.07 Å². The number of nitrogens with zero attached hydrogens (tertiary/aromatic N) is 3. The number of fused-ring (bicyclic) bond motifs is 1. The van der Waals surface area contributed by atoms with Gasteiger partial charge in [-0.15, -0.1) is 0 Å². The number of nitrogens with one attached hydrogen (secondary N) is 2. The summed E-state index contributed by atoms with van der Waals surface area (Å²) in [6, 6.07) is 12.7. The van der Waals surface area contributed by atoms with Crippen LogP contribution in [0.3, 0.4) is 0 Å². The van der Waals surface area contributed by atoms with Gasteiger partial charge in [-0.05, 0) is 25.1 Å². The molecule has 1 amide bonds. The van der Waals surface area contributed by atoms with Crippen LogP contribution in [0.25, 0.3) is 0 Å². The molecule has 3 aromatic rings. The average Bonchev–Trinajstić information content (AvgIpc) is 3.16. The Morgan fingerprint density at radius 1 is 1.21 bits per heavy atom. The molecule has 0 saturated heterocycles. The van der Waals surface area contributed by atoms with E-state index in [0.717, 1.165) is 0 Å². The maximum absolute atomic E-state index is 14.6. The van der Waals surface area contributed by atoms with Gasteiger partial charge in [0, 0.05) is 11.3 Å². The van der Waals surface area contributed by atoms with E-state index >= 15 is 0 Å². The van der Waals surface area contributed by atoms with E-state index in [9.17, 15) is 9.18 Å². The molecule has 0 unspecified atom stereocenters. The predicted octanol–water partition coefficient (Wildman–Crippen LogP) is 3.35. The SMILES string of the molecule is COc1ccccc1NC(=O)C1=C(C)Nc2ncnn2[C@H]1c1ccccc1F. The predicted molar refractivity (Wildman–Crippen MR) is 103 cm³/mol. The van der Waals surface area contributed by atoms with Crippen LogP contribution in [0.5, 0.6) is 5.75 Å². The van der Waals surface area contributed by atoms with Gasteiger partial charge in [0.1, 0.15) is 23.9 Å². The summed E-state index contributed by atoms with van der Waals surface area (Å²) in [5, 5.41) is 10.1. The molecule has 0 fully saturated rings. The molecule has 2 N–H and O–H groups in total. The number of aromatic nitrogens is 3. The van der Waals surface area contributed by atoms with Crippen molar-refractivity contribution in [1.82, 2.24) is 14.8 Å². The van der Waals surface area contributed by atoms with Crippen LogP contribution >= 0.6 is 0 Å². The number of hydrogen-bond donors (Lipinski definition) is 2. The fraction of sp³-hybridized carbons (Fsp3) is 0.150. The van der Waals surface area contributed by atoms with Crippen LogP contribution in [0.2, 0.25) is 0 Å². The smallest absolute Gasteiger partial charge is 0.255 e. The molecule has 0 saturated carbocycles. The Balaban J connectivity index is 1.79. The monoisotopic (exact) mass is 379 g/mol. The first-order chi connectivity index (χ1) is 13.6. The zero-order chi connectivity index (χ0) is 19.7. The van der Waals surface area contributed by atoms with Gasteiger partial charge in [0.05, 0.1) is 18.4 Å². The van der Waals surface area contributed by atoms with Gasteiger partial charge in [-0.3, -0.25) is 4.79 Å². The summed E-state index contributed by atoms with van der Waals surface area (Å²) in [7, 11) is 1.53. The van der Waals surface area contributed by atoms with Crippen LogP contribution in [0.4, 0.5) is 16.0 Å². The maximum Gasteiger partial charge on any atom is 0.255 e. The van der Waals surface area contributed by atoms with Crippen molar-refractivity contribution in [3.05, 3.63) is 77.5 Å². The van der Waals surface area contributed by atoms with Gasteiger partial charge in [0.2, 0.25) is 5.95 Å². The number of carbonyl (C=O) groups excluding carboxylic acids is 1. The number of methoxy groups -OCH3 is 1. The molecule has 28 heavy (non-hydrogen) atoms. The molecule has 8 heteroatoms. The number of benzene rings is 2. The van der Waals surface area contributed by atoms with Crippen LogP contribution in [0.15, 0.2) is 66.1 Å². The van der Waals surface area contributed by atoms with Crippen molar-refractivity contribution in [3.63, 3.8) is 0 Å². The molecule has 1 aliphatic rings. The Kier molecular flexibility index (Phi) is 4.52. The summed E-state index contributed by atoms with van der Waals surface area (Å²) < 4.78 is 21.4. The van der Waals surface area contributed by atoms with E-state index in [1.165, 1.54) is 24.2 Å². The third-order valence-corrected chi connectivity index (χ3v) is 4.59. The van der Waals surface area contributed by atoms with Crippen LogP contribution < -0.4 is 15.4 Å². The average molecular weight is 379 g/mol. The molecule has 0 radical (unpaired) electrons. The minimum absolute atomic E-state index is 0.334. The van der Waals surface area contributed by atoms with Crippen molar-refractivity contribution < 1.29 is 13.9 Å². The van der Waals surface area contributed by atoms with E-state index in [2.05, 4.69) is 20.7 Å². The number of ether oxygens (including phenoxy) is 1. The highest BCUT2D eigenvalue weighted by Crippen LogP contribution is 2.36. The number of carbonyl (C=O) groups is 1. The molecule has 7 nitrogen and oxygen atoms in total. The van der Waals surface area contributed by atoms with E-state index in [4.69, 9.17) is 4.74 Å². The van der Waals surface area contributed by atoms with Gasteiger partial charge in [0.15, 0.2) is 0 Å². The van der Waals surface area contributed by atoms with E-state index < -0.39 is 11.9 Å². The highest BCUT2D eigenvalue weighted by molar-refractivity contribution is 6.06. The topological polar surface area (TPSA) is 81.1 Å². The van der Waals surface area contributed by atoms with Gasteiger partial charge in [-0.25, -0.2) is 9.07 Å². The van der Waals surface area contributed by atoms with Crippen molar-refractivity contribution in [2.45, 2.75) is 13.0 Å². The van der Waals surface area contributed by atoms with Crippen molar-refractivity contribution in [1.29, 1.82) is 0 Å². The Bertz CT molecular complexity index is 1080. The second kappa shape index (κ2) is 7.15. The van der Waals surface area contributed by atoms with Gasteiger partial charge >= 0.3 is 0 Å². The maximum atomic E-state index is 14.6. The minimum Gasteiger partial charge on any atom is -0.495 e. The van der Waals surface area contributed by atoms with Crippen LogP contribution in [0.1, 0.15) is 18.5 Å². The standard InChI is InChI=1S/C20H18FN5O2/c1-12-17(19(27)25-15-9-5-6-10-16(15)28-2)18(13-7-3-4-8-14(13)21)26-20(24-12)22-11-23-26/h3-11,18H,1-2H3,(H,25,27)(H,22,23,24)/t18-/m0/s1. The highest BCUT2D eigenvalue weighted by atomic mass is 19.1. The molecule has 2 heterocycles. The third-order valence-electron chi connectivity index (χ3n) is 4.59. The Hall–Kier alpha value is -3.68. The minimum atomic E-state index is -0.755. The molecular formula is C20H18FN5O2. The summed E-state index contributed by atoms with van der Waals surface area (Å²) in [6.07, 6.45) is 1.37. The molecule has 0 bridgehead atoms. The quantitative estimate of drug-likeness (QED) is 0.727. The first-order valence-corrected chi connectivity index (χ1v) is 8.66. The first-order valence-electron chi connectivity index (χ1n) is 8.66. The van der Waals surface area contributed by atoms with E-state index in [1.54, 1.807) is 43.3 Å². The zero-order valence-corrected chi connectivity index (χ0v) is 15.3. The molecule has 142 valence electrons. The Morgan fingerprint density at radius 2 is 1.96 bits per heavy atom. The number of hydrogen-bond acceptors (Lipinski definition) is 5. The molecule has 0 aliphatic carbocycles. The fourth-order valence-electron chi connectivity index (χ4n) is 3.31. The molecular weight excluding hydrogens is 361 g/mol. The Morgan fingerprint density at radius 3 is 2.75 bits per heavy atom. The van der Waals surface area contributed by atoms with E-state index in [0.29, 0.717) is 34.2 Å². The lowest BCUT2D eigenvalue weighted by Crippen LogP contribution is -2.32. The lowest BCUT2D eigenvalue weighted by molar-refractivity contribution is -0.113. The fourth-order valence-corrected chi connectivity index (χ4v) is 3.31. The molecule has 4 rings (SSSR count). The third kappa shape index (κ3) is 2.98. The second-order valence-electron chi connectivity index (χ2n) is 6.27. The summed E-state index contributed by atoms with van der Waals surface area (Å²) in [5.41, 5.74) is 1.77. The number of amides is 1. The van der Waals surface area contributed by atoms with Crippen LogP contribution in [-0.2, 0) is 4.79 Å². The lowest BCUT2D eigenvalue weighted by Gasteiger charge is -2.29.